The highest BCUT2D eigenvalue weighted by Gasteiger charge is 2.23. The van der Waals surface area contributed by atoms with Crippen molar-refractivity contribution in [3.8, 4) is 0 Å². The fourth-order valence-electron chi connectivity index (χ4n) is 4.39. The first-order valence-corrected chi connectivity index (χ1v) is 11.9. The van der Waals surface area contributed by atoms with Gasteiger partial charge in [0.2, 0.25) is 0 Å². The average molecular weight is 521 g/mol. The lowest BCUT2D eigenvalue weighted by Gasteiger charge is -2.28. The van der Waals surface area contributed by atoms with E-state index in [0.29, 0.717) is 12.1 Å². The van der Waals surface area contributed by atoms with E-state index in [1.54, 1.807) is 11.8 Å². The third-order valence-electron chi connectivity index (χ3n) is 6.06. The van der Waals surface area contributed by atoms with E-state index in [-0.39, 0.29) is 24.0 Å². The lowest BCUT2D eigenvalue weighted by Crippen LogP contribution is -2.45. The molecule has 2 saturated carbocycles. The average Bonchev–Trinajstić information content (AvgIpc) is 3.34. The van der Waals surface area contributed by atoms with Crippen molar-refractivity contribution in [2.24, 2.45) is 10.9 Å². The maximum Gasteiger partial charge on any atom is 0.191 e. The second-order valence-electron chi connectivity index (χ2n) is 8.11. The van der Waals surface area contributed by atoms with Crippen LogP contribution in [0.3, 0.4) is 0 Å². The van der Waals surface area contributed by atoms with E-state index in [0.717, 1.165) is 42.2 Å². The quantitative estimate of drug-likeness (QED) is 0.183. The third-order valence-corrected chi connectivity index (χ3v) is 6.70. The first-order valence-electron chi connectivity index (χ1n) is 10.7. The van der Waals surface area contributed by atoms with E-state index in [4.69, 9.17) is 0 Å². The van der Waals surface area contributed by atoms with Crippen LogP contribution in [0, 0.1) is 5.92 Å². The maximum atomic E-state index is 4.49. The molecule has 0 bridgehead atoms. The second-order valence-corrected chi connectivity index (χ2v) is 8.89. The molecule has 160 valence electrons. The largest absolute Gasteiger partial charge is 0.356 e. The summed E-state index contributed by atoms with van der Waals surface area (Å²) in [6.07, 6.45) is 14.5. The minimum atomic E-state index is 0. The SMILES string of the molecule is CN=C(NCCCc1nnc(SC)n1C1CCCC1)NC1CCC(C)CC1.I. The van der Waals surface area contributed by atoms with Crippen LogP contribution in [0.5, 0.6) is 0 Å². The van der Waals surface area contributed by atoms with Crippen LogP contribution in [-0.2, 0) is 6.42 Å². The van der Waals surface area contributed by atoms with Crippen LogP contribution < -0.4 is 10.6 Å². The molecule has 1 heterocycles. The smallest absolute Gasteiger partial charge is 0.191 e. The summed E-state index contributed by atoms with van der Waals surface area (Å²) in [5, 5.41) is 17.1. The molecule has 0 spiro atoms. The highest BCUT2D eigenvalue weighted by atomic mass is 127. The molecule has 1 aromatic heterocycles. The zero-order valence-corrected chi connectivity index (χ0v) is 20.8. The lowest BCUT2D eigenvalue weighted by molar-refractivity contribution is 0.329. The Kier molecular flexibility index (Phi) is 10.4. The summed E-state index contributed by atoms with van der Waals surface area (Å²) < 4.78 is 2.41. The topological polar surface area (TPSA) is 67.1 Å². The van der Waals surface area contributed by atoms with Gasteiger partial charge in [0.15, 0.2) is 11.1 Å². The monoisotopic (exact) mass is 520 g/mol. The number of aromatic nitrogens is 3. The van der Waals surface area contributed by atoms with Gasteiger partial charge >= 0.3 is 0 Å². The van der Waals surface area contributed by atoms with Gasteiger partial charge in [0.05, 0.1) is 0 Å². The van der Waals surface area contributed by atoms with Crippen molar-refractivity contribution < 1.29 is 0 Å². The van der Waals surface area contributed by atoms with Crippen molar-refractivity contribution in [3.63, 3.8) is 0 Å². The normalized spacial score (nSPS) is 23.5. The molecule has 3 rings (SSSR count). The van der Waals surface area contributed by atoms with E-state index < -0.39 is 0 Å². The van der Waals surface area contributed by atoms with E-state index in [1.165, 1.54) is 51.4 Å². The minimum absolute atomic E-state index is 0. The Labute approximate surface area is 191 Å². The molecule has 28 heavy (non-hydrogen) atoms. The van der Waals surface area contributed by atoms with Crippen LogP contribution in [-0.4, -0.2) is 46.6 Å². The summed E-state index contributed by atoms with van der Waals surface area (Å²) in [5.74, 6) is 2.97. The van der Waals surface area contributed by atoms with E-state index in [9.17, 15) is 0 Å². The number of hydrogen-bond donors (Lipinski definition) is 2. The number of guanidine groups is 1. The number of nitrogens with zero attached hydrogens (tertiary/aromatic N) is 4. The van der Waals surface area contributed by atoms with Crippen molar-refractivity contribution in [3.05, 3.63) is 5.82 Å². The van der Waals surface area contributed by atoms with Crippen molar-refractivity contribution in [1.29, 1.82) is 0 Å². The number of halogens is 1. The lowest BCUT2D eigenvalue weighted by atomic mass is 9.87. The van der Waals surface area contributed by atoms with Gasteiger partial charge in [-0.3, -0.25) is 4.99 Å². The number of aryl methyl sites for hydroxylation is 1. The molecule has 0 atom stereocenters. The Balaban J connectivity index is 0.00000280. The van der Waals surface area contributed by atoms with Crippen molar-refractivity contribution in [2.75, 3.05) is 19.8 Å². The van der Waals surface area contributed by atoms with Gasteiger partial charge in [0.1, 0.15) is 5.82 Å². The van der Waals surface area contributed by atoms with Crippen LogP contribution >= 0.6 is 35.7 Å². The van der Waals surface area contributed by atoms with Gasteiger partial charge in [-0.05, 0) is 57.1 Å². The van der Waals surface area contributed by atoms with Gasteiger partial charge in [0, 0.05) is 32.1 Å². The summed E-state index contributed by atoms with van der Waals surface area (Å²) in [7, 11) is 1.86. The maximum absolute atomic E-state index is 4.49. The summed E-state index contributed by atoms with van der Waals surface area (Å²) in [6.45, 7) is 3.27. The standard InChI is InChI=1S/C20H36N6S.HI/c1-15-10-12-16(13-11-15)23-19(21-2)22-14-6-9-18-24-25-20(27-3)26(18)17-7-4-5-8-17;/h15-17H,4-14H2,1-3H3,(H2,21,22,23);1H. The summed E-state index contributed by atoms with van der Waals surface area (Å²) in [5.41, 5.74) is 0. The third kappa shape index (κ3) is 6.50. The molecule has 2 N–H and O–H groups in total. The summed E-state index contributed by atoms with van der Waals surface area (Å²) >= 11 is 1.71. The molecule has 8 heteroatoms. The predicted octanol–water partition coefficient (Wildman–Crippen LogP) is 4.41. The van der Waals surface area contributed by atoms with Gasteiger partial charge in [-0.2, -0.15) is 0 Å². The van der Waals surface area contributed by atoms with Crippen LogP contribution in [0.2, 0.25) is 0 Å². The molecular formula is C20H37IN6S. The predicted molar refractivity (Wildman–Crippen MR) is 129 cm³/mol. The second kappa shape index (κ2) is 12.2. The van der Waals surface area contributed by atoms with Gasteiger partial charge in [0.25, 0.3) is 0 Å². The molecule has 1 aromatic rings. The molecule has 0 aliphatic heterocycles. The van der Waals surface area contributed by atoms with Crippen LogP contribution in [0.4, 0.5) is 0 Å². The number of aliphatic imine (C=N–C) groups is 1. The van der Waals surface area contributed by atoms with Gasteiger partial charge in [-0.25, -0.2) is 0 Å². The number of hydrogen-bond acceptors (Lipinski definition) is 4. The van der Waals surface area contributed by atoms with Crippen LogP contribution in [0.1, 0.15) is 76.6 Å². The highest BCUT2D eigenvalue weighted by Crippen LogP contribution is 2.33. The molecule has 0 unspecified atom stereocenters. The Morgan fingerprint density at radius 2 is 1.86 bits per heavy atom. The van der Waals surface area contributed by atoms with E-state index >= 15 is 0 Å². The number of nitrogens with one attached hydrogen (secondary N) is 2. The van der Waals surface area contributed by atoms with Crippen LogP contribution in [0.15, 0.2) is 10.1 Å². The Morgan fingerprint density at radius 3 is 2.50 bits per heavy atom. The molecule has 0 aromatic carbocycles. The fourth-order valence-corrected chi connectivity index (χ4v) is 4.97. The number of rotatable bonds is 7. The summed E-state index contributed by atoms with van der Waals surface area (Å²) in [6, 6.07) is 1.18. The van der Waals surface area contributed by atoms with Gasteiger partial charge < -0.3 is 15.2 Å². The molecular weight excluding hydrogens is 483 g/mol. The Morgan fingerprint density at radius 1 is 1.14 bits per heavy atom. The first kappa shape index (κ1) is 23.8. The first-order chi connectivity index (χ1) is 13.2. The zero-order chi connectivity index (χ0) is 19.1. The molecule has 2 aliphatic rings. The van der Waals surface area contributed by atoms with Crippen molar-refractivity contribution in [1.82, 2.24) is 25.4 Å². The van der Waals surface area contributed by atoms with Crippen molar-refractivity contribution >= 4 is 41.7 Å². The highest BCUT2D eigenvalue weighted by molar-refractivity contribution is 14.0. The van der Waals surface area contributed by atoms with Crippen molar-refractivity contribution in [2.45, 2.75) is 88.4 Å². The number of thioether (sulfide) groups is 1. The fraction of sp³-hybridized carbons (Fsp3) is 0.850. The molecule has 2 fully saturated rings. The Hall–Kier alpha value is -0.510. The molecule has 0 amide bonds. The zero-order valence-electron chi connectivity index (χ0n) is 17.6. The molecule has 0 saturated heterocycles. The van der Waals surface area contributed by atoms with E-state index in [1.807, 2.05) is 7.05 Å². The minimum Gasteiger partial charge on any atom is -0.356 e. The molecule has 2 aliphatic carbocycles. The summed E-state index contributed by atoms with van der Waals surface area (Å²) in [4.78, 5) is 4.40. The molecule has 0 radical (unpaired) electrons. The van der Waals surface area contributed by atoms with Gasteiger partial charge in [-0.1, -0.05) is 31.5 Å². The molecule has 6 nitrogen and oxygen atoms in total. The van der Waals surface area contributed by atoms with E-state index in [2.05, 4.69) is 43.6 Å². The Bertz CT molecular complexity index is 606. The van der Waals surface area contributed by atoms with Gasteiger partial charge in [-0.15, -0.1) is 34.2 Å². The van der Waals surface area contributed by atoms with Crippen LogP contribution in [0.25, 0.3) is 0 Å².